The van der Waals surface area contributed by atoms with Crippen molar-refractivity contribution in [3.8, 4) is 11.5 Å². The van der Waals surface area contributed by atoms with Gasteiger partial charge in [-0.15, -0.1) is 0 Å². The van der Waals surface area contributed by atoms with Gasteiger partial charge in [-0.25, -0.2) is 4.79 Å². The van der Waals surface area contributed by atoms with Gasteiger partial charge < -0.3 is 29.7 Å². The van der Waals surface area contributed by atoms with Gasteiger partial charge in [-0.05, 0) is 23.8 Å². The van der Waals surface area contributed by atoms with Gasteiger partial charge in [0.05, 0.1) is 14.2 Å². The number of ether oxygens (including phenoxy) is 2. The van der Waals surface area contributed by atoms with Crippen molar-refractivity contribution < 1.29 is 42.1 Å². The predicted molar refractivity (Wildman–Crippen MR) is 124 cm³/mol. The van der Waals surface area contributed by atoms with Crippen molar-refractivity contribution in [2.24, 2.45) is 0 Å². The fourth-order valence-corrected chi connectivity index (χ4v) is 3.33. The van der Waals surface area contributed by atoms with Crippen molar-refractivity contribution in [3.05, 3.63) is 59.7 Å². The maximum absolute atomic E-state index is 13.3. The van der Waals surface area contributed by atoms with E-state index >= 15 is 0 Å². The third-order valence-electron chi connectivity index (χ3n) is 5.17. The first-order valence-corrected chi connectivity index (χ1v) is 10.9. The largest absolute Gasteiger partial charge is 0.493 e. The predicted octanol–water partition coefficient (Wildman–Crippen LogP) is 2.41. The second-order valence-electron chi connectivity index (χ2n) is 7.65. The van der Waals surface area contributed by atoms with Crippen LogP contribution in [0.25, 0.3) is 0 Å². The van der Waals surface area contributed by atoms with Crippen molar-refractivity contribution in [1.82, 2.24) is 15.1 Å². The lowest BCUT2D eigenvalue weighted by atomic mass is 10.1. The Labute approximate surface area is 206 Å². The van der Waals surface area contributed by atoms with Crippen LogP contribution in [0.4, 0.5) is 13.2 Å². The molecule has 0 aromatic heterocycles. The van der Waals surface area contributed by atoms with Crippen LogP contribution in [0.5, 0.6) is 11.5 Å². The standard InChI is InChI=1S/C22H27N3O4.C2HF3O2/c1-28-19-9-8-18(14-20(19)29-2)22(27)25(15-17-6-4-3-5-7-17)16-21(26)24-12-10-23-11-13-24;3-2(4,5)1(6)7/h3-9,14,23H,10-13,15-16H2,1-2H3;(H,6,7). The lowest BCUT2D eigenvalue weighted by molar-refractivity contribution is -0.192. The number of methoxy groups -OCH3 is 2. The summed E-state index contributed by atoms with van der Waals surface area (Å²) in [7, 11) is 3.08. The number of halogens is 3. The van der Waals surface area contributed by atoms with Gasteiger partial charge in [-0.3, -0.25) is 9.59 Å². The number of hydrogen-bond acceptors (Lipinski definition) is 6. The Morgan fingerprint density at radius 2 is 1.58 bits per heavy atom. The van der Waals surface area contributed by atoms with Crippen LogP contribution in [-0.2, 0) is 16.1 Å². The van der Waals surface area contributed by atoms with E-state index in [4.69, 9.17) is 19.4 Å². The number of rotatable bonds is 7. The number of nitrogens with zero attached hydrogens (tertiary/aromatic N) is 2. The van der Waals surface area contributed by atoms with Crippen LogP contribution in [0.3, 0.4) is 0 Å². The fraction of sp³-hybridized carbons (Fsp3) is 0.375. The van der Waals surface area contributed by atoms with E-state index in [9.17, 15) is 22.8 Å². The molecule has 0 aliphatic carbocycles. The molecular formula is C24H28F3N3O6. The Bertz CT molecular complexity index is 1030. The SMILES string of the molecule is COc1ccc(C(=O)N(CC(=O)N2CCNCC2)Cc2ccccc2)cc1OC.O=C(O)C(F)(F)F. The first-order chi connectivity index (χ1) is 17.1. The summed E-state index contributed by atoms with van der Waals surface area (Å²) in [5, 5.41) is 10.4. The van der Waals surface area contributed by atoms with Gasteiger partial charge in [0.1, 0.15) is 6.54 Å². The summed E-state index contributed by atoms with van der Waals surface area (Å²) < 4.78 is 42.3. The van der Waals surface area contributed by atoms with E-state index in [1.54, 1.807) is 35.1 Å². The summed E-state index contributed by atoms with van der Waals surface area (Å²) in [6.07, 6.45) is -5.08. The zero-order valence-electron chi connectivity index (χ0n) is 19.9. The van der Waals surface area contributed by atoms with Gasteiger partial charge in [0, 0.05) is 38.3 Å². The van der Waals surface area contributed by atoms with Gasteiger partial charge in [0.2, 0.25) is 5.91 Å². The van der Waals surface area contributed by atoms with E-state index in [0.29, 0.717) is 36.7 Å². The first-order valence-electron chi connectivity index (χ1n) is 10.9. The highest BCUT2D eigenvalue weighted by Crippen LogP contribution is 2.28. The van der Waals surface area contributed by atoms with E-state index < -0.39 is 12.1 Å². The minimum Gasteiger partial charge on any atom is -0.493 e. The lowest BCUT2D eigenvalue weighted by Crippen LogP contribution is -2.50. The van der Waals surface area contributed by atoms with E-state index in [1.807, 2.05) is 30.3 Å². The molecule has 1 fully saturated rings. The molecule has 0 spiro atoms. The quantitative estimate of drug-likeness (QED) is 0.588. The van der Waals surface area contributed by atoms with Crippen molar-refractivity contribution in [1.29, 1.82) is 0 Å². The van der Waals surface area contributed by atoms with Crippen LogP contribution >= 0.6 is 0 Å². The molecule has 3 rings (SSSR count). The molecule has 1 aliphatic heterocycles. The Kier molecular flexibility index (Phi) is 10.5. The molecule has 0 unspecified atom stereocenters. The summed E-state index contributed by atoms with van der Waals surface area (Å²) >= 11 is 0. The summed E-state index contributed by atoms with van der Waals surface area (Å²) in [5.74, 6) is -2.00. The minimum absolute atomic E-state index is 0.0298. The van der Waals surface area contributed by atoms with Crippen molar-refractivity contribution >= 4 is 17.8 Å². The van der Waals surface area contributed by atoms with Gasteiger partial charge in [-0.1, -0.05) is 30.3 Å². The summed E-state index contributed by atoms with van der Waals surface area (Å²) in [6, 6.07) is 14.7. The van der Waals surface area contributed by atoms with E-state index in [0.717, 1.165) is 18.7 Å². The Morgan fingerprint density at radius 3 is 2.11 bits per heavy atom. The van der Waals surface area contributed by atoms with Crippen LogP contribution in [-0.4, -0.2) is 85.8 Å². The number of carbonyl (C=O) groups is 3. The van der Waals surface area contributed by atoms with E-state index in [-0.39, 0.29) is 18.4 Å². The minimum atomic E-state index is -5.08. The van der Waals surface area contributed by atoms with Crippen molar-refractivity contribution in [2.45, 2.75) is 12.7 Å². The van der Waals surface area contributed by atoms with Gasteiger partial charge >= 0.3 is 12.1 Å². The topological polar surface area (TPSA) is 108 Å². The summed E-state index contributed by atoms with van der Waals surface area (Å²) in [5.41, 5.74) is 1.42. The molecule has 12 heteroatoms. The van der Waals surface area contributed by atoms with Gasteiger partial charge in [0.25, 0.3) is 5.91 Å². The molecule has 1 heterocycles. The normalized spacial score (nSPS) is 13.2. The maximum atomic E-state index is 13.3. The number of benzene rings is 2. The first kappa shape index (κ1) is 28.4. The molecule has 0 saturated carbocycles. The van der Waals surface area contributed by atoms with Crippen molar-refractivity contribution in [3.63, 3.8) is 0 Å². The molecule has 2 amide bonds. The number of carboxylic acids is 1. The highest BCUT2D eigenvalue weighted by atomic mass is 19.4. The van der Waals surface area contributed by atoms with Crippen LogP contribution in [0, 0.1) is 0 Å². The Balaban J connectivity index is 0.000000572. The number of hydrogen-bond donors (Lipinski definition) is 2. The molecule has 1 saturated heterocycles. The van der Waals surface area contributed by atoms with Crippen LogP contribution in [0.2, 0.25) is 0 Å². The molecule has 0 atom stereocenters. The number of amides is 2. The van der Waals surface area contributed by atoms with Crippen LogP contribution < -0.4 is 14.8 Å². The van der Waals surface area contributed by atoms with Crippen LogP contribution in [0.15, 0.2) is 48.5 Å². The third kappa shape index (κ3) is 8.45. The smallest absolute Gasteiger partial charge is 0.490 e. The number of carbonyl (C=O) groups excluding carboxylic acids is 2. The second-order valence-corrected chi connectivity index (χ2v) is 7.65. The molecule has 0 bridgehead atoms. The molecule has 36 heavy (non-hydrogen) atoms. The molecule has 2 aromatic rings. The summed E-state index contributed by atoms with van der Waals surface area (Å²) in [4.78, 5) is 38.4. The average molecular weight is 511 g/mol. The number of piperazine rings is 1. The number of nitrogens with one attached hydrogen (secondary N) is 1. The highest BCUT2D eigenvalue weighted by molar-refractivity contribution is 5.97. The number of carboxylic acid groups (broad SMARTS) is 1. The average Bonchev–Trinajstić information content (AvgIpc) is 2.88. The molecule has 2 aromatic carbocycles. The monoisotopic (exact) mass is 511 g/mol. The molecule has 196 valence electrons. The fourth-order valence-electron chi connectivity index (χ4n) is 3.33. The second kappa shape index (κ2) is 13.3. The van der Waals surface area contributed by atoms with Gasteiger partial charge in [-0.2, -0.15) is 13.2 Å². The number of alkyl halides is 3. The van der Waals surface area contributed by atoms with Gasteiger partial charge in [0.15, 0.2) is 11.5 Å². The molecular weight excluding hydrogens is 483 g/mol. The zero-order chi connectivity index (χ0) is 26.7. The third-order valence-corrected chi connectivity index (χ3v) is 5.17. The number of aliphatic carboxylic acids is 1. The Hall–Kier alpha value is -3.80. The van der Waals surface area contributed by atoms with E-state index in [2.05, 4.69) is 5.32 Å². The lowest BCUT2D eigenvalue weighted by Gasteiger charge is -2.30. The molecule has 1 aliphatic rings. The molecule has 0 radical (unpaired) electrons. The zero-order valence-corrected chi connectivity index (χ0v) is 19.9. The highest BCUT2D eigenvalue weighted by Gasteiger charge is 2.38. The summed E-state index contributed by atoms with van der Waals surface area (Å²) in [6.45, 7) is 3.24. The molecule has 2 N–H and O–H groups in total. The maximum Gasteiger partial charge on any atom is 0.490 e. The van der Waals surface area contributed by atoms with Crippen molar-refractivity contribution in [2.75, 3.05) is 46.9 Å². The van der Waals surface area contributed by atoms with E-state index in [1.165, 1.54) is 7.11 Å². The Morgan fingerprint density at radius 1 is 1.00 bits per heavy atom. The van der Waals surface area contributed by atoms with Crippen LogP contribution in [0.1, 0.15) is 15.9 Å². The molecule has 9 nitrogen and oxygen atoms in total.